The largest absolute Gasteiger partial charge is 0.494 e. The van der Waals surface area contributed by atoms with Gasteiger partial charge < -0.3 is 4.74 Å². The van der Waals surface area contributed by atoms with E-state index in [4.69, 9.17) is 9.73 Å². The second-order valence-electron chi connectivity index (χ2n) is 8.67. The second kappa shape index (κ2) is 9.10. The van der Waals surface area contributed by atoms with Crippen LogP contribution in [0.3, 0.4) is 0 Å². The summed E-state index contributed by atoms with van der Waals surface area (Å²) < 4.78 is 9.15. The molecule has 6 rings (SSSR count). The van der Waals surface area contributed by atoms with E-state index < -0.39 is 0 Å². The monoisotopic (exact) mass is 542 g/mol. The van der Waals surface area contributed by atoms with Gasteiger partial charge >= 0.3 is 0 Å². The molecule has 0 spiro atoms. The first-order chi connectivity index (χ1) is 17.1. The van der Waals surface area contributed by atoms with Gasteiger partial charge in [-0.05, 0) is 72.4 Å². The van der Waals surface area contributed by atoms with Crippen molar-refractivity contribution in [3.8, 4) is 5.75 Å². The highest BCUT2D eigenvalue weighted by Crippen LogP contribution is 2.41. The highest BCUT2D eigenvalue weighted by atomic mass is 79.9. The number of rotatable bonds is 4. The number of hydrogen-bond donors (Lipinski definition) is 0. The maximum Gasteiger partial charge on any atom is 0.271 e. The molecule has 0 unspecified atom stereocenters. The van der Waals surface area contributed by atoms with E-state index >= 15 is 0 Å². The number of allylic oxidation sites excluding steroid dienone is 1. The fourth-order valence-electron chi connectivity index (χ4n) is 4.95. The van der Waals surface area contributed by atoms with E-state index in [0.29, 0.717) is 11.1 Å². The van der Waals surface area contributed by atoms with Gasteiger partial charge in [-0.25, -0.2) is 4.99 Å². The van der Waals surface area contributed by atoms with Crippen LogP contribution in [-0.2, 0) is 6.42 Å². The molecule has 174 valence electrons. The first-order valence-corrected chi connectivity index (χ1v) is 13.3. The molecule has 1 atom stereocenters. The maximum absolute atomic E-state index is 13.8. The number of ether oxygens (including phenoxy) is 1. The molecule has 4 aromatic rings. The van der Waals surface area contributed by atoms with E-state index in [-0.39, 0.29) is 11.6 Å². The van der Waals surface area contributed by atoms with Gasteiger partial charge in [0.25, 0.3) is 5.56 Å². The van der Waals surface area contributed by atoms with Crippen molar-refractivity contribution in [2.24, 2.45) is 4.99 Å². The van der Waals surface area contributed by atoms with E-state index in [0.717, 1.165) is 44.7 Å². The third-order valence-electron chi connectivity index (χ3n) is 6.55. The van der Waals surface area contributed by atoms with Crippen molar-refractivity contribution >= 4 is 39.0 Å². The number of aromatic nitrogens is 1. The van der Waals surface area contributed by atoms with Crippen LogP contribution < -0.4 is 19.6 Å². The molecule has 0 fully saturated rings. The van der Waals surface area contributed by atoms with Gasteiger partial charge in [0.2, 0.25) is 0 Å². The summed E-state index contributed by atoms with van der Waals surface area (Å²) in [5.74, 6) is 0.827. The van der Waals surface area contributed by atoms with Crippen LogP contribution in [0.2, 0.25) is 0 Å². The predicted molar refractivity (Wildman–Crippen MR) is 145 cm³/mol. The molecule has 4 nitrogen and oxygen atoms in total. The molecule has 1 aliphatic carbocycles. The van der Waals surface area contributed by atoms with Crippen molar-refractivity contribution in [1.29, 1.82) is 0 Å². The Kier molecular flexibility index (Phi) is 5.78. The average molecular weight is 543 g/mol. The number of hydrogen-bond acceptors (Lipinski definition) is 4. The van der Waals surface area contributed by atoms with Crippen molar-refractivity contribution in [2.75, 3.05) is 6.61 Å². The van der Waals surface area contributed by atoms with Crippen LogP contribution >= 0.6 is 27.3 Å². The standard InChI is InChI=1S/C29H23BrN2O2S/c1-2-34-22-14-7-18(8-15-22)17-25-28(33)32-27(20-9-12-21(30)13-10-20)24-16-11-19-5-3-4-6-23(19)26(24)31-29(32)35-25/h3-10,12-15,17,27H,2,11,16H2,1H3/b25-17-/t27-/m1/s1. The predicted octanol–water partition coefficient (Wildman–Crippen LogP) is 5.48. The first kappa shape index (κ1) is 22.3. The summed E-state index contributed by atoms with van der Waals surface area (Å²) in [7, 11) is 0. The third kappa shape index (κ3) is 4.01. The zero-order chi connectivity index (χ0) is 23.9. The molecule has 1 aromatic heterocycles. The quantitative estimate of drug-likeness (QED) is 0.342. The Morgan fingerprint density at radius 3 is 2.60 bits per heavy atom. The summed E-state index contributed by atoms with van der Waals surface area (Å²) in [5, 5.41) is 0. The molecule has 0 saturated carbocycles. The summed E-state index contributed by atoms with van der Waals surface area (Å²) >= 11 is 5.01. The normalized spacial score (nSPS) is 16.9. The maximum atomic E-state index is 13.8. The van der Waals surface area contributed by atoms with Gasteiger partial charge in [0.15, 0.2) is 4.80 Å². The first-order valence-electron chi connectivity index (χ1n) is 11.7. The highest BCUT2D eigenvalue weighted by molar-refractivity contribution is 9.10. The van der Waals surface area contributed by atoms with Gasteiger partial charge in [0.05, 0.1) is 22.9 Å². The number of aryl methyl sites for hydroxylation is 1. The highest BCUT2D eigenvalue weighted by Gasteiger charge is 2.32. The Morgan fingerprint density at radius 2 is 1.83 bits per heavy atom. The molecule has 0 saturated heterocycles. The summed E-state index contributed by atoms with van der Waals surface area (Å²) in [6, 6.07) is 24.5. The van der Waals surface area contributed by atoms with E-state index in [1.807, 2.05) is 54.0 Å². The van der Waals surface area contributed by atoms with Gasteiger partial charge in [0.1, 0.15) is 5.75 Å². The Balaban J connectivity index is 1.55. The van der Waals surface area contributed by atoms with E-state index in [2.05, 4.69) is 52.3 Å². The minimum absolute atomic E-state index is 0.000891. The Hall–Kier alpha value is -3.22. The van der Waals surface area contributed by atoms with E-state index in [9.17, 15) is 4.79 Å². The fraction of sp³-hybridized carbons (Fsp3) is 0.172. The molecular weight excluding hydrogens is 520 g/mol. The Morgan fingerprint density at radius 1 is 1.06 bits per heavy atom. The van der Waals surface area contributed by atoms with Gasteiger partial charge in [-0.2, -0.15) is 0 Å². The van der Waals surface area contributed by atoms with Crippen LogP contribution in [0, 0.1) is 0 Å². The Bertz CT molecular complexity index is 1630. The van der Waals surface area contributed by atoms with Gasteiger partial charge in [-0.1, -0.05) is 75.8 Å². The summed E-state index contributed by atoms with van der Waals surface area (Å²) in [4.78, 5) is 19.6. The molecule has 3 aromatic carbocycles. The van der Waals surface area contributed by atoms with Crippen molar-refractivity contribution in [3.05, 3.63) is 125 Å². The van der Waals surface area contributed by atoms with E-state index in [1.54, 1.807) is 0 Å². The molecule has 0 bridgehead atoms. The Labute approximate surface area is 215 Å². The zero-order valence-electron chi connectivity index (χ0n) is 19.2. The molecule has 2 aliphatic rings. The molecule has 0 amide bonds. The number of halogens is 1. The second-order valence-corrected chi connectivity index (χ2v) is 10.6. The van der Waals surface area contributed by atoms with Crippen molar-refractivity contribution in [1.82, 2.24) is 4.57 Å². The van der Waals surface area contributed by atoms with Crippen molar-refractivity contribution in [2.45, 2.75) is 25.8 Å². The lowest BCUT2D eigenvalue weighted by atomic mass is 9.83. The van der Waals surface area contributed by atoms with Gasteiger partial charge in [0, 0.05) is 10.0 Å². The number of thiazole rings is 1. The molecule has 6 heteroatoms. The van der Waals surface area contributed by atoms with Crippen LogP contribution in [0.4, 0.5) is 0 Å². The number of fused-ring (bicyclic) bond motifs is 3. The number of nitrogens with zero attached hydrogens (tertiary/aromatic N) is 2. The smallest absolute Gasteiger partial charge is 0.271 e. The van der Waals surface area contributed by atoms with Gasteiger partial charge in [-0.3, -0.25) is 9.36 Å². The topological polar surface area (TPSA) is 43.6 Å². The third-order valence-corrected chi connectivity index (χ3v) is 8.06. The summed E-state index contributed by atoms with van der Waals surface area (Å²) in [6.07, 6.45) is 3.79. The molecule has 35 heavy (non-hydrogen) atoms. The lowest BCUT2D eigenvalue weighted by molar-refractivity contribution is 0.340. The lowest BCUT2D eigenvalue weighted by Crippen LogP contribution is -2.38. The summed E-state index contributed by atoms with van der Waals surface area (Å²) in [5.41, 5.74) is 6.80. The van der Waals surface area contributed by atoms with Gasteiger partial charge in [-0.15, -0.1) is 0 Å². The van der Waals surface area contributed by atoms with E-state index in [1.165, 1.54) is 28.0 Å². The van der Waals surface area contributed by atoms with Crippen molar-refractivity contribution < 1.29 is 4.74 Å². The minimum Gasteiger partial charge on any atom is -0.494 e. The minimum atomic E-state index is -0.162. The van der Waals surface area contributed by atoms with Crippen LogP contribution in [0.1, 0.15) is 41.6 Å². The molecule has 1 aliphatic heterocycles. The lowest BCUT2D eigenvalue weighted by Gasteiger charge is -2.30. The van der Waals surface area contributed by atoms with Crippen LogP contribution in [0.15, 0.2) is 92.6 Å². The molecule has 2 heterocycles. The molecule has 0 radical (unpaired) electrons. The average Bonchev–Trinajstić information content (AvgIpc) is 3.19. The van der Waals surface area contributed by atoms with Crippen LogP contribution in [0.25, 0.3) is 11.8 Å². The molecule has 0 N–H and O–H groups in total. The summed E-state index contributed by atoms with van der Waals surface area (Å²) in [6.45, 7) is 2.59. The SMILES string of the molecule is CCOc1ccc(/C=c2\sc3n(c2=O)[C@H](c2ccc(Br)cc2)C2=C(N=3)c3ccccc3CC2)cc1. The van der Waals surface area contributed by atoms with Crippen LogP contribution in [0.5, 0.6) is 5.75 Å². The van der Waals surface area contributed by atoms with Crippen LogP contribution in [-0.4, -0.2) is 11.2 Å². The zero-order valence-corrected chi connectivity index (χ0v) is 21.6. The molecular formula is C29H23BrN2O2S. The number of benzene rings is 3. The van der Waals surface area contributed by atoms with Crippen molar-refractivity contribution in [3.63, 3.8) is 0 Å². The fourth-order valence-corrected chi connectivity index (χ4v) is 6.21.